The molecule has 1 aromatic carbocycles. The van der Waals surface area contributed by atoms with Gasteiger partial charge in [-0.2, -0.15) is 0 Å². The van der Waals surface area contributed by atoms with Crippen LogP contribution in [-0.4, -0.2) is 38.5 Å². The number of thiazole rings is 1. The average Bonchev–Trinajstić information content (AvgIpc) is 3.18. The number of aryl methyl sites for hydroxylation is 1. The highest BCUT2D eigenvalue weighted by Crippen LogP contribution is 2.16. The average molecular weight is 414 g/mol. The molecule has 0 aliphatic carbocycles. The quantitative estimate of drug-likeness (QED) is 0.566. The molecule has 7 heteroatoms. The molecule has 0 radical (unpaired) electrons. The number of rotatable bonds is 8. The predicted octanol–water partition coefficient (Wildman–Crippen LogP) is 3.62. The molecule has 0 saturated heterocycles. The molecule has 0 fully saturated rings. The van der Waals surface area contributed by atoms with Gasteiger partial charge in [0.2, 0.25) is 0 Å². The van der Waals surface area contributed by atoms with Crippen LogP contribution in [0, 0.1) is 13.8 Å². The van der Waals surface area contributed by atoms with Gasteiger partial charge in [-0.3, -0.25) is 9.48 Å². The molecule has 0 amide bonds. The molecular formula is C22H31N5OS. The van der Waals surface area contributed by atoms with Crippen molar-refractivity contribution in [1.29, 1.82) is 0 Å². The van der Waals surface area contributed by atoms with Gasteiger partial charge in [0.25, 0.3) is 5.56 Å². The van der Waals surface area contributed by atoms with Crippen LogP contribution in [-0.2, 0) is 13.6 Å². The van der Waals surface area contributed by atoms with E-state index >= 15 is 0 Å². The Morgan fingerprint density at radius 2 is 1.79 bits per heavy atom. The molecule has 0 atom stereocenters. The van der Waals surface area contributed by atoms with Gasteiger partial charge in [-0.15, -0.1) is 11.3 Å². The summed E-state index contributed by atoms with van der Waals surface area (Å²) in [7, 11) is 1.90. The minimum Gasteiger partial charge on any atom is -0.321 e. The number of para-hydroxylation sites is 1. The van der Waals surface area contributed by atoms with E-state index in [4.69, 9.17) is 4.99 Å². The van der Waals surface area contributed by atoms with Crippen LogP contribution in [0.4, 0.5) is 5.69 Å². The number of nitrogens with zero attached hydrogens (tertiary/aromatic N) is 5. The molecule has 0 N–H and O–H groups in total. The van der Waals surface area contributed by atoms with Gasteiger partial charge in [0, 0.05) is 24.7 Å². The van der Waals surface area contributed by atoms with Crippen LogP contribution in [0.2, 0.25) is 0 Å². The molecule has 3 aromatic rings. The van der Waals surface area contributed by atoms with Crippen molar-refractivity contribution in [3.05, 3.63) is 62.3 Å². The van der Waals surface area contributed by atoms with Crippen LogP contribution < -0.4 is 10.4 Å². The largest absolute Gasteiger partial charge is 0.321 e. The van der Waals surface area contributed by atoms with E-state index in [1.165, 1.54) is 5.69 Å². The fourth-order valence-electron chi connectivity index (χ4n) is 3.55. The van der Waals surface area contributed by atoms with E-state index in [-0.39, 0.29) is 5.56 Å². The maximum atomic E-state index is 13.2. The SMILES string of the molecule is CCN(CC)CCCn1c(C)csc1=Nc1c(C)n(C)n(-c2ccccc2)c1=O. The summed E-state index contributed by atoms with van der Waals surface area (Å²) >= 11 is 1.59. The first-order chi connectivity index (χ1) is 14.0. The molecule has 0 bridgehead atoms. The Morgan fingerprint density at radius 3 is 2.45 bits per heavy atom. The zero-order valence-electron chi connectivity index (χ0n) is 18.1. The smallest absolute Gasteiger partial charge is 0.297 e. The molecule has 2 heterocycles. The van der Waals surface area contributed by atoms with E-state index in [9.17, 15) is 4.79 Å². The van der Waals surface area contributed by atoms with E-state index in [0.717, 1.165) is 48.8 Å². The topological polar surface area (TPSA) is 47.5 Å². The molecular weight excluding hydrogens is 382 g/mol. The summed E-state index contributed by atoms with van der Waals surface area (Å²) < 4.78 is 5.79. The van der Waals surface area contributed by atoms with Crippen LogP contribution in [0.15, 0.2) is 45.5 Å². The Balaban J connectivity index is 1.97. The van der Waals surface area contributed by atoms with Gasteiger partial charge in [0.15, 0.2) is 10.5 Å². The normalized spacial score (nSPS) is 12.3. The van der Waals surface area contributed by atoms with Crippen molar-refractivity contribution in [2.45, 2.75) is 40.7 Å². The summed E-state index contributed by atoms with van der Waals surface area (Å²) in [6.07, 6.45) is 1.06. The number of hydrogen-bond donors (Lipinski definition) is 0. The van der Waals surface area contributed by atoms with Crippen molar-refractivity contribution in [3.63, 3.8) is 0 Å². The molecule has 0 aliphatic rings. The van der Waals surface area contributed by atoms with Crippen LogP contribution in [0.5, 0.6) is 0 Å². The lowest BCUT2D eigenvalue weighted by atomic mass is 10.3. The molecule has 29 heavy (non-hydrogen) atoms. The highest BCUT2D eigenvalue weighted by Gasteiger charge is 2.16. The van der Waals surface area contributed by atoms with Crippen LogP contribution in [0.25, 0.3) is 5.69 Å². The van der Waals surface area contributed by atoms with Gasteiger partial charge < -0.3 is 9.47 Å². The third kappa shape index (κ3) is 4.46. The minimum atomic E-state index is -0.0862. The molecule has 6 nitrogen and oxygen atoms in total. The fourth-order valence-corrected chi connectivity index (χ4v) is 4.46. The molecule has 0 saturated carbocycles. The number of aromatic nitrogens is 3. The fraction of sp³-hybridized carbons (Fsp3) is 0.455. The first kappa shape index (κ1) is 21.3. The van der Waals surface area contributed by atoms with E-state index in [2.05, 4.69) is 35.6 Å². The van der Waals surface area contributed by atoms with Crippen molar-refractivity contribution in [2.24, 2.45) is 12.0 Å². The zero-order chi connectivity index (χ0) is 21.0. The van der Waals surface area contributed by atoms with Crippen molar-refractivity contribution in [1.82, 2.24) is 18.8 Å². The van der Waals surface area contributed by atoms with Crippen LogP contribution in [0.1, 0.15) is 31.7 Å². The standard InChI is InChI=1S/C22H31N5OS/c1-6-25(7-2)14-11-15-26-17(3)16-29-22(26)23-20-18(4)24(5)27(21(20)28)19-12-9-8-10-13-19/h8-10,12-13,16H,6-7,11,14-15H2,1-5H3. The van der Waals surface area contributed by atoms with Crippen molar-refractivity contribution < 1.29 is 0 Å². The van der Waals surface area contributed by atoms with E-state index < -0.39 is 0 Å². The maximum Gasteiger partial charge on any atom is 0.297 e. The number of hydrogen-bond acceptors (Lipinski definition) is 4. The maximum absolute atomic E-state index is 13.2. The van der Waals surface area contributed by atoms with Crippen molar-refractivity contribution in [2.75, 3.05) is 19.6 Å². The second-order valence-electron chi connectivity index (χ2n) is 7.21. The summed E-state index contributed by atoms with van der Waals surface area (Å²) in [6.45, 7) is 12.6. The zero-order valence-corrected chi connectivity index (χ0v) is 18.9. The van der Waals surface area contributed by atoms with Gasteiger partial charge in [0.05, 0.1) is 11.4 Å². The summed E-state index contributed by atoms with van der Waals surface area (Å²) in [5, 5.41) is 2.12. The Kier molecular flexibility index (Phi) is 6.92. The lowest BCUT2D eigenvalue weighted by Gasteiger charge is -2.18. The summed E-state index contributed by atoms with van der Waals surface area (Å²) in [6, 6.07) is 9.70. The highest BCUT2D eigenvalue weighted by atomic mass is 32.1. The molecule has 0 unspecified atom stereocenters. The Morgan fingerprint density at radius 1 is 1.10 bits per heavy atom. The van der Waals surface area contributed by atoms with Gasteiger partial charge in [-0.05, 0) is 52.0 Å². The van der Waals surface area contributed by atoms with Crippen molar-refractivity contribution in [3.8, 4) is 5.69 Å². The summed E-state index contributed by atoms with van der Waals surface area (Å²) in [5.41, 5.74) is 3.32. The molecule has 2 aromatic heterocycles. The predicted molar refractivity (Wildman–Crippen MR) is 120 cm³/mol. The van der Waals surface area contributed by atoms with E-state index in [0.29, 0.717) is 5.69 Å². The molecule has 3 rings (SSSR count). The van der Waals surface area contributed by atoms with E-state index in [1.54, 1.807) is 16.0 Å². The van der Waals surface area contributed by atoms with Crippen molar-refractivity contribution >= 4 is 17.0 Å². The van der Waals surface area contributed by atoms with Gasteiger partial charge in [0.1, 0.15) is 0 Å². The Hall–Kier alpha value is -2.38. The Bertz CT molecular complexity index is 1070. The molecule has 0 spiro atoms. The van der Waals surface area contributed by atoms with E-state index in [1.807, 2.05) is 49.0 Å². The second-order valence-corrected chi connectivity index (χ2v) is 8.05. The number of benzene rings is 1. The Labute approximate surface area is 176 Å². The lowest BCUT2D eigenvalue weighted by Crippen LogP contribution is -2.26. The van der Waals surface area contributed by atoms with Gasteiger partial charge in [-0.25, -0.2) is 9.67 Å². The highest BCUT2D eigenvalue weighted by molar-refractivity contribution is 7.07. The first-order valence-electron chi connectivity index (χ1n) is 10.2. The summed E-state index contributed by atoms with van der Waals surface area (Å²) in [4.78, 5) is 21.3. The van der Waals surface area contributed by atoms with Crippen LogP contribution >= 0.6 is 11.3 Å². The minimum absolute atomic E-state index is 0.0862. The molecule has 0 aliphatic heterocycles. The van der Waals surface area contributed by atoms with Crippen LogP contribution in [0.3, 0.4) is 0 Å². The van der Waals surface area contributed by atoms with Gasteiger partial charge >= 0.3 is 0 Å². The molecule has 156 valence electrons. The third-order valence-electron chi connectivity index (χ3n) is 5.47. The monoisotopic (exact) mass is 413 g/mol. The van der Waals surface area contributed by atoms with Gasteiger partial charge in [-0.1, -0.05) is 32.0 Å². The lowest BCUT2D eigenvalue weighted by molar-refractivity contribution is 0.292. The first-order valence-corrected chi connectivity index (χ1v) is 11.1. The third-order valence-corrected chi connectivity index (χ3v) is 6.45. The second kappa shape index (κ2) is 9.41. The summed E-state index contributed by atoms with van der Waals surface area (Å²) in [5.74, 6) is 0.